The summed E-state index contributed by atoms with van der Waals surface area (Å²) in [6.07, 6.45) is -5.58. The van der Waals surface area contributed by atoms with Crippen LogP contribution in [0.4, 0.5) is 32.2 Å². The van der Waals surface area contributed by atoms with E-state index in [-0.39, 0.29) is 42.1 Å². The summed E-state index contributed by atoms with van der Waals surface area (Å²) in [4.78, 5) is 17.3. The molecule has 1 atom stereocenters. The number of nitrogens with two attached hydrogens (primary N) is 1. The van der Waals surface area contributed by atoms with Gasteiger partial charge >= 0.3 is 6.18 Å². The second-order valence-electron chi connectivity index (χ2n) is 8.64. The maximum Gasteiger partial charge on any atom is 0.449 e. The Bertz CT molecular complexity index is 1460. The van der Waals surface area contributed by atoms with Gasteiger partial charge in [0.25, 0.3) is 10.0 Å². The number of benzene rings is 2. The minimum atomic E-state index is -4.89. The molecule has 38 heavy (non-hydrogen) atoms. The van der Waals surface area contributed by atoms with Gasteiger partial charge in [0.2, 0.25) is 11.7 Å². The molecular weight excluding hydrogens is 540 g/mol. The Morgan fingerprint density at radius 1 is 1.05 bits per heavy atom. The Labute approximate surface area is 213 Å². The molecule has 0 saturated heterocycles. The van der Waals surface area contributed by atoms with Gasteiger partial charge in [0, 0.05) is 31.6 Å². The maximum absolute atomic E-state index is 13.9. The van der Waals surface area contributed by atoms with Gasteiger partial charge in [-0.2, -0.15) is 13.2 Å². The van der Waals surface area contributed by atoms with E-state index < -0.39 is 63.8 Å². The third-order valence-corrected chi connectivity index (χ3v) is 7.26. The van der Waals surface area contributed by atoms with Gasteiger partial charge in [-0.3, -0.25) is 9.52 Å². The number of fused-ring (bicyclic) bond motifs is 1. The molecule has 1 amide bonds. The number of hydrogen-bond acceptors (Lipinski definition) is 5. The first kappa shape index (κ1) is 27.4. The van der Waals surface area contributed by atoms with Gasteiger partial charge in [0.1, 0.15) is 5.82 Å². The Balaban J connectivity index is 1.54. The third kappa shape index (κ3) is 5.78. The molecule has 1 aliphatic rings. The fourth-order valence-corrected chi connectivity index (χ4v) is 5.14. The van der Waals surface area contributed by atoms with E-state index in [4.69, 9.17) is 5.73 Å². The second kappa shape index (κ2) is 10.3. The smallest absolute Gasteiger partial charge is 0.335 e. The standard InChI is InChI=1S/C23H21F6N5O3S/c24-16-11-18(26)17(25)9-13(16)8-14(30)10-20(35)33-6-7-34-19(12-33)21(31-22(34)23(27,28)29)32-38(36,37)15-4-2-1-3-5-15/h1-5,9,11,14,32H,6-8,10,12,30H2/t14-/m1/s1. The third-order valence-electron chi connectivity index (χ3n) is 5.91. The highest BCUT2D eigenvalue weighted by molar-refractivity contribution is 7.92. The summed E-state index contributed by atoms with van der Waals surface area (Å²) in [6.45, 7) is -0.910. The van der Waals surface area contributed by atoms with Crippen molar-refractivity contribution in [2.45, 2.75) is 43.0 Å². The summed E-state index contributed by atoms with van der Waals surface area (Å²) in [5.41, 5.74) is 5.49. The summed E-state index contributed by atoms with van der Waals surface area (Å²) >= 11 is 0. The molecule has 8 nitrogen and oxygen atoms in total. The molecule has 0 radical (unpaired) electrons. The molecule has 0 bridgehead atoms. The fraction of sp³-hybridized carbons (Fsp3) is 0.304. The van der Waals surface area contributed by atoms with Crippen LogP contribution in [0.1, 0.15) is 23.5 Å². The number of hydrogen-bond donors (Lipinski definition) is 2. The number of nitrogens with zero attached hydrogens (tertiary/aromatic N) is 3. The molecule has 3 aromatic rings. The minimum Gasteiger partial charge on any atom is -0.335 e. The van der Waals surface area contributed by atoms with Crippen LogP contribution >= 0.6 is 0 Å². The number of carbonyl (C=O) groups excluding carboxylic acids is 1. The highest BCUT2D eigenvalue weighted by atomic mass is 32.2. The Morgan fingerprint density at radius 3 is 2.37 bits per heavy atom. The zero-order valence-electron chi connectivity index (χ0n) is 19.5. The fourth-order valence-electron chi connectivity index (χ4n) is 4.09. The molecule has 0 spiro atoms. The quantitative estimate of drug-likeness (QED) is 0.340. The molecule has 15 heteroatoms. The maximum atomic E-state index is 13.9. The number of rotatable bonds is 7. The van der Waals surface area contributed by atoms with Gasteiger partial charge in [0.15, 0.2) is 17.5 Å². The number of aromatic nitrogens is 2. The summed E-state index contributed by atoms with van der Waals surface area (Å²) in [6, 6.07) is 6.93. The average Bonchev–Trinajstić information content (AvgIpc) is 3.20. The molecule has 3 N–H and O–H groups in total. The van der Waals surface area contributed by atoms with Crippen LogP contribution in [0.2, 0.25) is 0 Å². The van der Waals surface area contributed by atoms with Gasteiger partial charge in [-0.25, -0.2) is 26.6 Å². The lowest BCUT2D eigenvalue weighted by Gasteiger charge is -2.30. The summed E-state index contributed by atoms with van der Waals surface area (Å²) in [7, 11) is -4.29. The Kier molecular flexibility index (Phi) is 7.43. The van der Waals surface area contributed by atoms with Crippen LogP contribution in [0.15, 0.2) is 47.4 Å². The van der Waals surface area contributed by atoms with Crippen molar-refractivity contribution in [3.8, 4) is 0 Å². The van der Waals surface area contributed by atoms with Crippen LogP contribution in [0.25, 0.3) is 0 Å². The van der Waals surface area contributed by atoms with Crippen LogP contribution in [0.5, 0.6) is 0 Å². The van der Waals surface area contributed by atoms with Crippen LogP contribution in [-0.2, 0) is 40.5 Å². The van der Waals surface area contributed by atoms with Crippen LogP contribution in [0.3, 0.4) is 0 Å². The van der Waals surface area contributed by atoms with Gasteiger partial charge in [-0.05, 0) is 30.2 Å². The van der Waals surface area contributed by atoms with Crippen molar-refractivity contribution in [1.29, 1.82) is 0 Å². The molecule has 1 aliphatic heterocycles. The number of sulfonamides is 1. The Morgan fingerprint density at radius 2 is 1.71 bits per heavy atom. The lowest BCUT2D eigenvalue weighted by molar-refractivity contribution is -0.148. The van der Waals surface area contributed by atoms with Crippen molar-refractivity contribution >= 4 is 21.7 Å². The molecule has 1 aromatic heterocycles. The van der Waals surface area contributed by atoms with Crippen molar-refractivity contribution in [1.82, 2.24) is 14.5 Å². The first-order chi connectivity index (χ1) is 17.8. The van der Waals surface area contributed by atoms with Crippen LogP contribution in [-0.4, -0.2) is 41.4 Å². The Hall–Kier alpha value is -3.59. The first-order valence-corrected chi connectivity index (χ1v) is 12.7. The topological polar surface area (TPSA) is 110 Å². The van der Waals surface area contributed by atoms with Gasteiger partial charge < -0.3 is 15.2 Å². The van der Waals surface area contributed by atoms with Crippen molar-refractivity contribution < 1.29 is 39.6 Å². The zero-order valence-corrected chi connectivity index (χ0v) is 20.3. The molecule has 0 aliphatic carbocycles. The predicted molar refractivity (Wildman–Crippen MR) is 123 cm³/mol. The number of nitrogens with one attached hydrogen (secondary N) is 1. The lowest BCUT2D eigenvalue weighted by atomic mass is 10.0. The van der Waals surface area contributed by atoms with E-state index in [9.17, 15) is 39.6 Å². The number of carbonyl (C=O) groups is 1. The molecule has 0 saturated carbocycles. The molecule has 0 unspecified atom stereocenters. The summed E-state index contributed by atoms with van der Waals surface area (Å²) in [5, 5.41) is 0. The van der Waals surface area contributed by atoms with Crippen molar-refractivity contribution in [2.75, 3.05) is 11.3 Å². The van der Waals surface area contributed by atoms with Crippen molar-refractivity contribution in [2.24, 2.45) is 5.73 Å². The van der Waals surface area contributed by atoms with Gasteiger partial charge in [0.05, 0.1) is 17.1 Å². The SMILES string of the molecule is N[C@@H](CC(=O)N1CCn2c(C(F)(F)F)nc(NS(=O)(=O)c3ccccc3)c2C1)Cc1cc(F)c(F)cc1F. The number of amides is 1. The van der Waals surface area contributed by atoms with Gasteiger partial charge in [-0.15, -0.1) is 0 Å². The van der Waals surface area contributed by atoms with Crippen LogP contribution < -0.4 is 10.5 Å². The predicted octanol–water partition coefficient (Wildman–Crippen LogP) is 3.42. The van der Waals surface area contributed by atoms with E-state index in [0.717, 1.165) is 4.57 Å². The molecular formula is C23H21F6N5O3S. The summed E-state index contributed by atoms with van der Waals surface area (Å²) < 4.78 is 110. The first-order valence-electron chi connectivity index (χ1n) is 11.2. The van der Waals surface area contributed by atoms with Gasteiger partial charge in [-0.1, -0.05) is 18.2 Å². The van der Waals surface area contributed by atoms with E-state index in [0.29, 0.717) is 12.1 Å². The second-order valence-corrected chi connectivity index (χ2v) is 10.3. The van der Waals surface area contributed by atoms with Crippen LogP contribution in [0, 0.1) is 17.5 Å². The van der Waals surface area contributed by atoms with E-state index >= 15 is 0 Å². The molecule has 2 heterocycles. The van der Waals surface area contributed by atoms with E-state index in [1.54, 1.807) is 6.07 Å². The zero-order chi connectivity index (χ0) is 27.8. The monoisotopic (exact) mass is 561 g/mol. The lowest BCUT2D eigenvalue weighted by Crippen LogP contribution is -2.42. The summed E-state index contributed by atoms with van der Waals surface area (Å²) in [5.74, 6) is -6.21. The van der Waals surface area contributed by atoms with E-state index in [2.05, 4.69) is 9.71 Å². The normalized spacial score (nSPS) is 14.8. The number of imidazole rings is 1. The van der Waals surface area contributed by atoms with Crippen molar-refractivity contribution in [3.63, 3.8) is 0 Å². The average molecular weight is 562 g/mol. The number of halogens is 6. The number of anilines is 1. The van der Waals surface area contributed by atoms with E-state index in [1.807, 2.05) is 0 Å². The largest absolute Gasteiger partial charge is 0.449 e. The minimum absolute atomic E-state index is 0.164. The highest BCUT2D eigenvalue weighted by Gasteiger charge is 2.41. The number of alkyl halides is 3. The molecule has 2 aromatic carbocycles. The molecule has 204 valence electrons. The molecule has 0 fully saturated rings. The van der Waals surface area contributed by atoms with Crippen molar-refractivity contribution in [3.05, 3.63) is 77.0 Å². The van der Waals surface area contributed by atoms with E-state index in [1.165, 1.54) is 29.2 Å². The molecule has 4 rings (SSSR count). The highest BCUT2D eigenvalue weighted by Crippen LogP contribution is 2.35.